The Morgan fingerprint density at radius 1 is 0.850 bits per heavy atom. The molecule has 0 fully saturated rings. The molecule has 0 amide bonds. The Labute approximate surface area is 244 Å². The molecule has 0 radical (unpaired) electrons. The molecular weight excluding hydrogens is 480 g/mol. The monoisotopic (exact) mass is 528 g/mol. The van der Waals surface area contributed by atoms with Gasteiger partial charge in [-0.05, 0) is 114 Å². The molecule has 0 spiro atoms. The Bertz CT molecular complexity index is 1580. The normalized spacial score (nSPS) is 31.6. The van der Waals surface area contributed by atoms with Crippen molar-refractivity contribution in [1.82, 2.24) is 0 Å². The van der Waals surface area contributed by atoms with E-state index in [0.717, 1.165) is 17.6 Å². The van der Waals surface area contributed by atoms with Gasteiger partial charge in [0.1, 0.15) is 0 Å². The van der Waals surface area contributed by atoms with E-state index < -0.39 is 0 Å². The fourth-order valence-electron chi connectivity index (χ4n) is 9.34. The Balaban J connectivity index is 1.76. The zero-order chi connectivity index (χ0) is 29.7. The van der Waals surface area contributed by atoms with Crippen LogP contribution in [0.2, 0.25) is 0 Å². The third-order valence-electron chi connectivity index (χ3n) is 12.1. The highest BCUT2D eigenvalue weighted by atomic mass is 14.7. The minimum atomic E-state index is -0.159. The van der Waals surface area contributed by atoms with Crippen LogP contribution in [0.25, 0.3) is 22.3 Å². The molecule has 40 heavy (non-hydrogen) atoms. The van der Waals surface area contributed by atoms with E-state index in [4.69, 9.17) is 13.2 Å². The summed E-state index contributed by atoms with van der Waals surface area (Å²) in [6.45, 7) is 41.8. The molecule has 0 aliphatic heterocycles. The van der Waals surface area contributed by atoms with Crippen LogP contribution in [0.3, 0.4) is 0 Å². The molecule has 0 nitrogen and oxygen atoms in total. The first-order chi connectivity index (χ1) is 18.5. The Morgan fingerprint density at radius 2 is 1.45 bits per heavy atom. The second kappa shape index (κ2) is 8.94. The molecule has 5 atom stereocenters. The molecule has 0 N–H and O–H groups in total. The van der Waals surface area contributed by atoms with Gasteiger partial charge in [-0.25, -0.2) is 0 Å². The number of aryl methyl sites for hydroxylation is 1. The van der Waals surface area contributed by atoms with Crippen molar-refractivity contribution >= 4 is 11.1 Å². The van der Waals surface area contributed by atoms with Gasteiger partial charge >= 0.3 is 0 Å². The topological polar surface area (TPSA) is 0 Å². The first kappa shape index (κ1) is 28.4. The lowest BCUT2D eigenvalue weighted by Gasteiger charge is -2.67. The van der Waals surface area contributed by atoms with E-state index in [9.17, 15) is 0 Å². The fourth-order valence-corrected chi connectivity index (χ4v) is 9.34. The molecule has 0 unspecified atom stereocenters. The van der Waals surface area contributed by atoms with Gasteiger partial charge in [-0.3, -0.25) is 0 Å². The second-order valence-electron chi connectivity index (χ2n) is 14.0. The molecule has 5 rings (SSSR count). The number of rotatable bonds is 3. The third kappa shape index (κ3) is 3.38. The molecule has 3 aliphatic carbocycles. The van der Waals surface area contributed by atoms with Crippen LogP contribution in [0.15, 0.2) is 96.2 Å². The summed E-state index contributed by atoms with van der Waals surface area (Å²) >= 11 is 0. The largest absolute Gasteiger partial charge is 0.0955 e. The van der Waals surface area contributed by atoms with E-state index in [1.807, 2.05) is 0 Å². The summed E-state index contributed by atoms with van der Waals surface area (Å²) in [5, 5.41) is 0. The van der Waals surface area contributed by atoms with Crippen LogP contribution in [0.1, 0.15) is 96.9 Å². The van der Waals surface area contributed by atoms with Gasteiger partial charge < -0.3 is 0 Å². The van der Waals surface area contributed by atoms with E-state index >= 15 is 0 Å². The van der Waals surface area contributed by atoms with Crippen molar-refractivity contribution in [2.24, 2.45) is 22.2 Å². The quantitative estimate of drug-likeness (QED) is 0.371. The van der Waals surface area contributed by atoms with Crippen LogP contribution >= 0.6 is 0 Å². The summed E-state index contributed by atoms with van der Waals surface area (Å²) in [7, 11) is 0. The summed E-state index contributed by atoms with van der Waals surface area (Å²) in [5.41, 5.74) is 18.0. The standard InChI is InChI=1S/C40H48/c1-22(2)31-15-17-32(18-16-31)33-19-24(5)36-26(7)37-29(10)40(14)28(9)35(23(3)4)25(6)21-38(40,12)30(11)39(37,13)27(8)34(36)20-33/h15-20,27,30H,1,3,7,9,21H2,2,4-6,8,10-14H3/t27-,30+,38+,39-,40-/m1/s1. The van der Waals surface area contributed by atoms with Crippen LogP contribution in [0.5, 0.6) is 0 Å². The summed E-state index contributed by atoms with van der Waals surface area (Å²) < 4.78 is 0. The van der Waals surface area contributed by atoms with Crippen LogP contribution in [-0.2, 0) is 0 Å². The van der Waals surface area contributed by atoms with Crippen LogP contribution in [-0.4, -0.2) is 0 Å². The lowest BCUT2D eigenvalue weighted by molar-refractivity contribution is -0.0260. The van der Waals surface area contributed by atoms with E-state index in [-0.39, 0.29) is 16.2 Å². The minimum Gasteiger partial charge on any atom is -0.0955 e. The van der Waals surface area contributed by atoms with Crippen molar-refractivity contribution in [3.63, 3.8) is 0 Å². The first-order valence-electron chi connectivity index (χ1n) is 14.9. The van der Waals surface area contributed by atoms with Crippen LogP contribution in [0, 0.1) is 29.1 Å². The molecule has 0 saturated heterocycles. The zero-order valence-electron chi connectivity index (χ0n) is 26.7. The molecule has 2 aromatic carbocycles. The highest BCUT2D eigenvalue weighted by Gasteiger charge is 2.64. The number of fused-ring (bicyclic) bond motifs is 3. The SMILES string of the molecule is C=C(C)C1=C(C)C[C@@]2(C)[C@H](C)[C@]3(C)C(=C(C)[C@@]2(C)C1=C)C(=C)c1c(C)cc(-c2ccc(C(=C)C)cc2)cc1[C@H]3C. The van der Waals surface area contributed by atoms with Gasteiger partial charge in [0.25, 0.3) is 0 Å². The van der Waals surface area contributed by atoms with Gasteiger partial charge in [0.2, 0.25) is 0 Å². The van der Waals surface area contributed by atoms with Gasteiger partial charge in [-0.2, -0.15) is 0 Å². The molecule has 0 saturated carbocycles. The summed E-state index contributed by atoms with van der Waals surface area (Å²) in [4.78, 5) is 0. The predicted octanol–water partition coefficient (Wildman–Crippen LogP) is 11.7. The highest BCUT2D eigenvalue weighted by Crippen LogP contribution is 2.74. The summed E-state index contributed by atoms with van der Waals surface area (Å²) in [6, 6.07) is 13.7. The van der Waals surface area contributed by atoms with Crippen molar-refractivity contribution in [3.05, 3.63) is 118 Å². The van der Waals surface area contributed by atoms with E-state index in [2.05, 4.69) is 119 Å². The number of allylic oxidation sites excluding steroid dienone is 8. The predicted molar refractivity (Wildman–Crippen MR) is 176 cm³/mol. The Kier molecular flexibility index (Phi) is 6.35. The van der Waals surface area contributed by atoms with Crippen LogP contribution in [0.4, 0.5) is 0 Å². The maximum absolute atomic E-state index is 4.86. The zero-order valence-corrected chi connectivity index (χ0v) is 26.7. The molecule has 0 bridgehead atoms. The average Bonchev–Trinajstić information content (AvgIpc) is 2.88. The van der Waals surface area contributed by atoms with Gasteiger partial charge in [-0.15, -0.1) is 0 Å². The Morgan fingerprint density at radius 3 is 2.00 bits per heavy atom. The van der Waals surface area contributed by atoms with Gasteiger partial charge in [-0.1, -0.05) is 120 Å². The van der Waals surface area contributed by atoms with Crippen molar-refractivity contribution in [3.8, 4) is 11.1 Å². The fraction of sp³-hybridized carbons (Fsp3) is 0.400. The second-order valence-corrected chi connectivity index (χ2v) is 14.0. The lowest BCUT2D eigenvalue weighted by Crippen LogP contribution is -2.58. The van der Waals surface area contributed by atoms with Crippen LogP contribution < -0.4 is 0 Å². The average molecular weight is 529 g/mol. The number of hydrogen-bond acceptors (Lipinski definition) is 0. The molecule has 0 aromatic heterocycles. The van der Waals surface area contributed by atoms with Gasteiger partial charge in [0, 0.05) is 10.8 Å². The molecule has 0 heteroatoms. The van der Waals surface area contributed by atoms with Crippen molar-refractivity contribution in [2.75, 3.05) is 0 Å². The van der Waals surface area contributed by atoms with Crippen molar-refractivity contribution in [1.29, 1.82) is 0 Å². The third-order valence-corrected chi connectivity index (χ3v) is 12.1. The highest BCUT2D eigenvalue weighted by molar-refractivity contribution is 5.89. The molecule has 3 aliphatic rings. The molecular formula is C40H48. The van der Waals surface area contributed by atoms with E-state index in [1.54, 1.807) is 0 Å². The summed E-state index contributed by atoms with van der Waals surface area (Å²) in [5.74, 6) is 0.767. The van der Waals surface area contributed by atoms with Crippen molar-refractivity contribution in [2.45, 2.75) is 81.6 Å². The summed E-state index contributed by atoms with van der Waals surface area (Å²) in [6.07, 6.45) is 1.06. The first-order valence-corrected chi connectivity index (χ1v) is 14.9. The molecule has 0 heterocycles. The van der Waals surface area contributed by atoms with Gasteiger partial charge in [0.05, 0.1) is 0 Å². The number of benzene rings is 2. The smallest absolute Gasteiger partial charge is 0.0196 e. The number of hydrogen-bond donors (Lipinski definition) is 0. The maximum Gasteiger partial charge on any atom is 0.0196 e. The minimum absolute atomic E-state index is 0.0343. The van der Waals surface area contributed by atoms with Gasteiger partial charge in [0.15, 0.2) is 0 Å². The lowest BCUT2D eigenvalue weighted by atomic mass is 9.37. The van der Waals surface area contributed by atoms with E-state index in [1.165, 1.54) is 66.8 Å². The Hall–Kier alpha value is -3.12. The molecule has 2 aromatic rings. The van der Waals surface area contributed by atoms with E-state index in [0.29, 0.717) is 11.8 Å². The maximum atomic E-state index is 4.86. The van der Waals surface area contributed by atoms with Crippen molar-refractivity contribution < 1.29 is 0 Å². The molecule has 208 valence electrons.